The second-order valence-electron chi connectivity index (χ2n) is 4.89. The molecule has 8 nitrogen and oxygen atoms in total. The van der Waals surface area contributed by atoms with Gasteiger partial charge in [-0.25, -0.2) is 9.97 Å². The third-order valence-electron chi connectivity index (χ3n) is 3.60. The molecule has 3 rings (SSSR count). The average Bonchev–Trinajstić information content (AvgIpc) is 3.00. The average molecular weight is 309 g/mol. The predicted molar refractivity (Wildman–Crippen MR) is 79.4 cm³/mol. The molecule has 21 heavy (non-hydrogen) atoms. The van der Waals surface area contributed by atoms with Crippen LogP contribution in [0.2, 0.25) is 0 Å². The van der Waals surface area contributed by atoms with Gasteiger partial charge in [0.25, 0.3) is 0 Å². The number of rotatable bonds is 3. The predicted octanol–water partition coefficient (Wildman–Crippen LogP) is -0.712. The number of fused-ring (bicyclic) bond motifs is 1. The minimum absolute atomic E-state index is 0.178. The zero-order valence-corrected chi connectivity index (χ0v) is 11.8. The second-order valence-corrected chi connectivity index (χ2v) is 5.33. The fourth-order valence-electron chi connectivity index (χ4n) is 2.56. The maximum atomic E-state index is 9.86. The highest BCUT2D eigenvalue weighted by molar-refractivity contribution is 7.80. The van der Waals surface area contributed by atoms with Crippen LogP contribution in [0.1, 0.15) is 18.2 Å². The summed E-state index contributed by atoms with van der Waals surface area (Å²) in [6.07, 6.45) is 1.51. The quantitative estimate of drug-likeness (QED) is 0.547. The summed E-state index contributed by atoms with van der Waals surface area (Å²) in [5.41, 5.74) is 12.7. The van der Waals surface area contributed by atoms with Gasteiger partial charge in [-0.15, -0.1) is 0 Å². The minimum atomic E-state index is -0.745. The molecule has 112 valence electrons. The molecule has 0 saturated carbocycles. The molecule has 1 aliphatic heterocycles. The Morgan fingerprint density at radius 2 is 2.29 bits per heavy atom. The van der Waals surface area contributed by atoms with Crippen LogP contribution < -0.4 is 11.5 Å². The number of aliphatic hydroxyl groups is 2. The van der Waals surface area contributed by atoms with Crippen LogP contribution in [0, 0.1) is 0 Å². The summed E-state index contributed by atoms with van der Waals surface area (Å²) >= 11 is 5.03. The smallest absolute Gasteiger partial charge is 0.148 e. The van der Waals surface area contributed by atoms with Gasteiger partial charge in [-0.2, -0.15) is 0 Å². The first-order valence-corrected chi connectivity index (χ1v) is 6.79. The molecule has 1 saturated heterocycles. The van der Waals surface area contributed by atoms with Gasteiger partial charge in [0, 0.05) is 18.2 Å². The Morgan fingerprint density at radius 3 is 2.90 bits per heavy atom. The van der Waals surface area contributed by atoms with Crippen LogP contribution in [0.3, 0.4) is 0 Å². The normalized spacial score (nSPS) is 25.5. The third-order valence-corrected chi connectivity index (χ3v) is 3.82. The summed E-state index contributed by atoms with van der Waals surface area (Å²) in [6.45, 7) is -0.254. The van der Waals surface area contributed by atoms with Gasteiger partial charge in [-0.3, -0.25) is 0 Å². The van der Waals surface area contributed by atoms with E-state index in [0.29, 0.717) is 23.0 Å². The van der Waals surface area contributed by atoms with Gasteiger partial charge in [-0.05, 0) is 0 Å². The molecular formula is C12H15N5O3S. The van der Waals surface area contributed by atoms with E-state index in [9.17, 15) is 10.2 Å². The Morgan fingerprint density at radius 1 is 1.52 bits per heavy atom. The van der Waals surface area contributed by atoms with E-state index < -0.39 is 18.4 Å². The number of nitrogens with two attached hydrogens (primary N) is 2. The van der Waals surface area contributed by atoms with Crippen molar-refractivity contribution in [2.75, 3.05) is 12.3 Å². The maximum Gasteiger partial charge on any atom is 0.148 e. The summed E-state index contributed by atoms with van der Waals surface area (Å²) < 4.78 is 7.34. The van der Waals surface area contributed by atoms with Crippen molar-refractivity contribution in [1.29, 1.82) is 0 Å². The third kappa shape index (κ3) is 2.23. The van der Waals surface area contributed by atoms with E-state index >= 15 is 0 Å². The van der Waals surface area contributed by atoms with Crippen LogP contribution in [0.15, 0.2) is 12.5 Å². The van der Waals surface area contributed by atoms with Crippen LogP contribution >= 0.6 is 12.2 Å². The van der Waals surface area contributed by atoms with Gasteiger partial charge in [-0.1, -0.05) is 12.2 Å². The molecule has 1 aliphatic rings. The van der Waals surface area contributed by atoms with Crippen molar-refractivity contribution in [2.45, 2.75) is 24.9 Å². The van der Waals surface area contributed by atoms with E-state index in [2.05, 4.69) is 9.97 Å². The summed E-state index contributed by atoms with van der Waals surface area (Å²) in [7, 11) is 0. The molecule has 0 bridgehead atoms. The molecule has 0 amide bonds. The van der Waals surface area contributed by atoms with E-state index in [4.69, 9.17) is 28.4 Å². The first-order valence-electron chi connectivity index (χ1n) is 6.38. The lowest BCUT2D eigenvalue weighted by Crippen LogP contribution is -2.24. The van der Waals surface area contributed by atoms with Crippen molar-refractivity contribution >= 4 is 34.1 Å². The number of aliphatic hydroxyl groups excluding tert-OH is 2. The second kappa shape index (κ2) is 5.19. The zero-order valence-electron chi connectivity index (χ0n) is 11.0. The molecule has 3 heterocycles. The largest absolute Gasteiger partial charge is 0.394 e. The lowest BCUT2D eigenvalue weighted by atomic mass is 10.2. The Labute approximate surface area is 125 Å². The molecule has 0 aliphatic carbocycles. The Kier molecular flexibility index (Phi) is 3.49. The van der Waals surface area contributed by atoms with E-state index in [0.717, 1.165) is 0 Å². The maximum absolute atomic E-state index is 9.86. The minimum Gasteiger partial charge on any atom is -0.394 e. The number of anilines is 1. The highest BCUT2D eigenvalue weighted by Crippen LogP contribution is 2.33. The molecule has 6 N–H and O–H groups in total. The van der Waals surface area contributed by atoms with Crippen LogP contribution in [0.4, 0.5) is 5.82 Å². The lowest BCUT2D eigenvalue weighted by molar-refractivity contribution is -0.0430. The number of thiocarbonyl (C=S) groups is 1. The van der Waals surface area contributed by atoms with E-state index in [-0.39, 0.29) is 17.4 Å². The van der Waals surface area contributed by atoms with Gasteiger partial charge >= 0.3 is 0 Å². The summed E-state index contributed by atoms with van der Waals surface area (Å²) in [4.78, 5) is 8.32. The fraction of sp³-hybridized carbons (Fsp3) is 0.417. The van der Waals surface area contributed by atoms with Gasteiger partial charge in [0.15, 0.2) is 0 Å². The monoisotopic (exact) mass is 309 g/mol. The number of aromatic nitrogens is 3. The summed E-state index contributed by atoms with van der Waals surface area (Å²) in [5.74, 6) is 0.277. The zero-order chi connectivity index (χ0) is 15.1. The number of ether oxygens (including phenoxy) is 1. The molecule has 9 heteroatoms. The number of hydrogen-bond acceptors (Lipinski definition) is 7. The summed E-state index contributed by atoms with van der Waals surface area (Å²) in [5, 5.41) is 19.6. The van der Waals surface area contributed by atoms with E-state index in [1.165, 1.54) is 6.33 Å². The van der Waals surface area contributed by atoms with Crippen LogP contribution in [-0.2, 0) is 4.74 Å². The number of hydrogen-bond donors (Lipinski definition) is 4. The number of nitrogen functional groups attached to an aromatic ring is 1. The van der Waals surface area contributed by atoms with Gasteiger partial charge < -0.3 is 31.0 Å². The molecule has 0 aromatic carbocycles. The Balaban J connectivity index is 2.12. The van der Waals surface area contributed by atoms with E-state index in [1.807, 2.05) is 0 Å². The summed E-state index contributed by atoms with van der Waals surface area (Å²) in [6, 6.07) is 0. The van der Waals surface area contributed by atoms with Crippen LogP contribution in [0.5, 0.6) is 0 Å². The number of nitrogens with zero attached hydrogens (tertiary/aromatic N) is 3. The SMILES string of the molecule is NC(=S)c1cn([C@H]2C[C@H](O)[C@@H](CO)O2)c2ncnc(N)c12. The highest BCUT2D eigenvalue weighted by Gasteiger charge is 2.35. The molecular weight excluding hydrogens is 294 g/mol. The molecule has 2 aromatic heterocycles. The topological polar surface area (TPSA) is 132 Å². The van der Waals surface area contributed by atoms with Crippen LogP contribution in [-0.4, -0.2) is 48.6 Å². The van der Waals surface area contributed by atoms with E-state index in [1.54, 1.807) is 10.8 Å². The van der Waals surface area contributed by atoms with Crippen LogP contribution in [0.25, 0.3) is 11.0 Å². The Hall–Kier alpha value is -1.81. The molecule has 2 aromatic rings. The first kappa shape index (κ1) is 14.1. The standard InChI is InChI=1S/C12H15N5O3S/c13-10-9-5(11(14)21)2-17(12(9)16-4-15-10)8-1-6(19)7(3-18)20-8/h2,4,6-8,18-19H,1,3H2,(H2,14,21)(H2,13,15,16)/t6-,7+,8+/m0/s1. The van der Waals surface area contributed by atoms with Crippen molar-refractivity contribution in [1.82, 2.24) is 14.5 Å². The van der Waals surface area contributed by atoms with Crippen molar-refractivity contribution in [3.05, 3.63) is 18.1 Å². The van der Waals surface area contributed by atoms with Crippen molar-refractivity contribution < 1.29 is 14.9 Å². The molecule has 0 spiro atoms. The lowest BCUT2D eigenvalue weighted by Gasteiger charge is -2.14. The van der Waals surface area contributed by atoms with Crippen molar-refractivity contribution in [2.24, 2.45) is 5.73 Å². The molecule has 3 atom stereocenters. The molecule has 1 fully saturated rings. The first-order chi connectivity index (χ1) is 10.0. The highest BCUT2D eigenvalue weighted by atomic mass is 32.1. The van der Waals surface area contributed by atoms with Crippen molar-refractivity contribution in [3.63, 3.8) is 0 Å². The Bertz CT molecular complexity index is 704. The van der Waals surface area contributed by atoms with Gasteiger partial charge in [0.1, 0.15) is 35.1 Å². The fourth-order valence-corrected chi connectivity index (χ4v) is 2.72. The molecule has 0 radical (unpaired) electrons. The van der Waals surface area contributed by atoms with Crippen molar-refractivity contribution in [3.8, 4) is 0 Å². The van der Waals surface area contributed by atoms with Gasteiger partial charge in [0.05, 0.1) is 18.1 Å². The van der Waals surface area contributed by atoms with Gasteiger partial charge in [0.2, 0.25) is 0 Å². The molecule has 0 unspecified atom stereocenters.